The van der Waals surface area contributed by atoms with Crippen LogP contribution in [0.2, 0.25) is 5.02 Å². The average Bonchev–Trinajstić information content (AvgIpc) is 3.05. The quantitative estimate of drug-likeness (QED) is 0.164. The molecule has 0 aliphatic heterocycles. The largest absolute Gasteiger partial charge is 0.417 e. The number of hydrogen-bond donors (Lipinski definition) is 1. The number of nitrogens with zero attached hydrogens (tertiary/aromatic N) is 3. The number of benzene rings is 1. The van der Waals surface area contributed by atoms with Gasteiger partial charge in [-0.05, 0) is 55.0 Å². The summed E-state index contributed by atoms with van der Waals surface area (Å²) in [6, 6.07) is 11.3. The zero-order valence-corrected chi connectivity index (χ0v) is 17.7. The van der Waals surface area contributed by atoms with Gasteiger partial charge >= 0.3 is 6.18 Å². The van der Waals surface area contributed by atoms with Gasteiger partial charge in [-0.25, -0.2) is 9.37 Å². The van der Waals surface area contributed by atoms with E-state index >= 15 is 0 Å². The Bertz CT molecular complexity index is 1380. The molecule has 0 saturated heterocycles. The molecule has 0 atom stereocenters. The van der Waals surface area contributed by atoms with Gasteiger partial charge in [0.1, 0.15) is 5.82 Å². The number of halogens is 5. The van der Waals surface area contributed by atoms with E-state index in [4.69, 9.17) is 11.6 Å². The highest BCUT2D eigenvalue weighted by Gasteiger charge is 2.31. The third-order valence-electron chi connectivity index (χ3n) is 4.99. The van der Waals surface area contributed by atoms with Crippen LogP contribution in [0.3, 0.4) is 0 Å². The van der Waals surface area contributed by atoms with Crippen molar-refractivity contribution in [1.29, 1.82) is 0 Å². The standard InChI is InChI=1S/C23H15ClF4N4O/c1-13-17(12-30-31-22-18(24)10-15(11-29-22)23(26,27)28)19-4-2-3-9-32(19)20(13)21(33)14-5-7-16(25)8-6-14/h2-12H,1H3,(H,29,31)/b30-12+. The first-order valence-electron chi connectivity index (χ1n) is 9.58. The Morgan fingerprint density at radius 1 is 1.18 bits per heavy atom. The SMILES string of the molecule is Cc1c(/C=N/Nc2ncc(C(F)(F)F)cc2Cl)c2ccccn2c1C(=O)c1ccc(F)cc1. The minimum absolute atomic E-state index is 0.0512. The summed E-state index contributed by atoms with van der Waals surface area (Å²) in [4.78, 5) is 16.8. The highest BCUT2D eigenvalue weighted by molar-refractivity contribution is 6.33. The maximum Gasteiger partial charge on any atom is 0.417 e. The molecule has 0 fully saturated rings. The number of ketones is 1. The van der Waals surface area contributed by atoms with Crippen LogP contribution in [0.25, 0.3) is 5.52 Å². The van der Waals surface area contributed by atoms with Crippen molar-refractivity contribution >= 4 is 34.9 Å². The summed E-state index contributed by atoms with van der Waals surface area (Å²) < 4.78 is 53.3. The molecule has 4 aromatic rings. The van der Waals surface area contributed by atoms with Crippen LogP contribution < -0.4 is 5.43 Å². The van der Waals surface area contributed by atoms with Crippen LogP contribution in [0.4, 0.5) is 23.4 Å². The van der Waals surface area contributed by atoms with Crippen molar-refractivity contribution in [2.24, 2.45) is 5.10 Å². The molecule has 4 rings (SSSR count). The molecule has 10 heteroatoms. The number of alkyl halides is 3. The van der Waals surface area contributed by atoms with Gasteiger partial charge in [0.15, 0.2) is 5.82 Å². The number of pyridine rings is 2. The minimum Gasteiger partial charge on any atom is -0.313 e. The highest BCUT2D eigenvalue weighted by Crippen LogP contribution is 2.32. The van der Waals surface area contributed by atoms with Crippen molar-refractivity contribution in [3.05, 3.63) is 99.7 Å². The Morgan fingerprint density at radius 3 is 2.58 bits per heavy atom. The number of anilines is 1. The fraction of sp³-hybridized carbons (Fsp3) is 0.0870. The maximum atomic E-state index is 13.3. The minimum atomic E-state index is -4.56. The fourth-order valence-electron chi connectivity index (χ4n) is 3.37. The molecule has 1 N–H and O–H groups in total. The lowest BCUT2D eigenvalue weighted by Crippen LogP contribution is -2.07. The second-order valence-electron chi connectivity index (χ2n) is 7.10. The van der Waals surface area contributed by atoms with Crippen LogP contribution in [0.5, 0.6) is 0 Å². The number of carbonyl (C=O) groups excluding carboxylic acids is 1. The van der Waals surface area contributed by atoms with E-state index in [0.717, 1.165) is 6.07 Å². The van der Waals surface area contributed by atoms with Crippen molar-refractivity contribution in [1.82, 2.24) is 9.38 Å². The monoisotopic (exact) mass is 474 g/mol. The number of aromatic nitrogens is 2. The molecule has 0 aliphatic carbocycles. The molecule has 0 saturated carbocycles. The molecule has 168 valence electrons. The third kappa shape index (κ3) is 4.45. The lowest BCUT2D eigenvalue weighted by molar-refractivity contribution is -0.137. The van der Waals surface area contributed by atoms with Crippen LogP contribution in [0, 0.1) is 12.7 Å². The van der Waals surface area contributed by atoms with Gasteiger partial charge in [0.05, 0.1) is 28.0 Å². The van der Waals surface area contributed by atoms with Gasteiger partial charge in [0, 0.05) is 23.5 Å². The summed E-state index contributed by atoms with van der Waals surface area (Å²) in [5.41, 5.74) is 4.17. The normalized spacial score (nSPS) is 11.9. The van der Waals surface area contributed by atoms with Crippen LogP contribution in [0.1, 0.15) is 32.7 Å². The molecule has 0 amide bonds. The Hall–Kier alpha value is -3.72. The van der Waals surface area contributed by atoms with Gasteiger partial charge in [0.2, 0.25) is 5.78 Å². The van der Waals surface area contributed by atoms with E-state index in [1.165, 1.54) is 30.5 Å². The average molecular weight is 475 g/mol. The van der Waals surface area contributed by atoms with Crippen LogP contribution >= 0.6 is 11.6 Å². The number of hydrogen-bond acceptors (Lipinski definition) is 4. The molecule has 5 nitrogen and oxygen atoms in total. The van der Waals surface area contributed by atoms with Crippen molar-refractivity contribution in [3.63, 3.8) is 0 Å². The molecule has 0 aliphatic rings. The van der Waals surface area contributed by atoms with E-state index in [2.05, 4.69) is 15.5 Å². The summed E-state index contributed by atoms with van der Waals surface area (Å²) in [7, 11) is 0. The molecule has 0 radical (unpaired) electrons. The molecule has 3 aromatic heterocycles. The zero-order valence-electron chi connectivity index (χ0n) is 17.0. The number of hydrazone groups is 1. The van der Waals surface area contributed by atoms with Crippen LogP contribution in [-0.4, -0.2) is 21.4 Å². The summed E-state index contributed by atoms with van der Waals surface area (Å²) in [5.74, 6) is -0.795. The van der Waals surface area contributed by atoms with Gasteiger partial charge in [-0.15, -0.1) is 0 Å². The number of nitrogens with one attached hydrogen (secondary N) is 1. The molecule has 33 heavy (non-hydrogen) atoms. The van der Waals surface area contributed by atoms with E-state index in [1.54, 1.807) is 35.7 Å². The molecule has 0 unspecified atom stereocenters. The lowest BCUT2D eigenvalue weighted by Gasteiger charge is -2.08. The van der Waals surface area contributed by atoms with E-state index in [0.29, 0.717) is 34.1 Å². The first-order valence-corrected chi connectivity index (χ1v) is 9.96. The van der Waals surface area contributed by atoms with Crippen LogP contribution in [0.15, 0.2) is 66.0 Å². The zero-order chi connectivity index (χ0) is 23.8. The van der Waals surface area contributed by atoms with Gasteiger partial charge in [-0.3, -0.25) is 10.2 Å². The maximum absolute atomic E-state index is 13.3. The van der Waals surface area contributed by atoms with Crippen LogP contribution in [-0.2, 0) is 6.18 Å². The topological polar surface area (TPSA) is 58.8 Å². The van der Waals surface area contributed by atoms with Crippen molar-refractivity contribution < 1.29 is 22.4 Å². The predicted molar refractivity (Wildman–Crippen MR) is 117 cm³/mol. The van der Waals surface area contributed by atoms with E-state index in [-0.39, 0.29) is 16.6 Å². The first-order chi connectivity index (χ1) is 15.7. The number of fused-ring (bicyclic) bond motifs is 1. The molecular formula is C23H15ClF4N4O. The molecule has 3 heterocycles. The van der Waals surface area contributed by atoms with Gasteiger partial charge in [-0.2, -0.15) is 18.3 Å². The number of carbonyl (C=O) groups is 1. The fourth-order valence-corrected chi connectivity index (χ4v) is 3.58. The molecule has 0 bridgehead atoms. The smallest absolute Gasteiger partial charge is 0.313 e. The van der Waals surface area contributed by atoms with Gasteiger partial charge in [-0.1, -0.05) is 17.7 Å². The van der Waals surface area contributed by atoms with Crippen molar-refractivity contribution in [2.45, 2.75) is 13.1 Å². The summed E-state index contributed by atoms with van der Waals surface area (Å²) in [5, 5.41) is 3.81. The Balaban J connectivity index is 1.68. The number of rotatable bonds is 5. The summed E-state index contributed by atoms with van der Waals surface area (Å²) >= 11 is 5.89. The lowest BCUT2D eigenvalue weighted by atomic mass is 10.0. The van der Waals surface area contributed by atoms with Crippen molar-refractivity contribution in [2.75, 3.05) is 5.43 Å². The van der Waals surface area contributed by atoms with E-state index in [1.807, 2.05) is 0 Å². The Labute approximate surface area is 190 Å². The van der Waals surface area contributed by atoms with Crippen molar-refractivity contribution in [3.8, 4) is 0 Å². The molecule has 1 aromatic carbocycles. The first kappa shape index (κ1) is 22.5. The van der Waals surface area contributed by atoms with Gasteiger partial charge < -0.3 is 4.40 Å². The Morgan fingerprint density at radius 2 is 1.91 bits per heavy atom. The highest BCUT2D eigenvalue weighted by atomic mass is 35.5. The van der Waals surface area contributed by atoms with E-state index < -0.39 is 17.6 Å². The second-order valence-corrected chi connectivity index (χ2v) is 7.51. The Kier molecular flexibility index (Phi) is 5.90. The molecule has 0 spiro atoms. The van der Waals surface area contributed by atoms with Gasteiger partial charge in [0.25, 0.3) is 0 Å². The predicted octanol–water partition coefficient (Wildman–Crippen LogP) is 6.13. The summed E-state index contributed by atoms with van der Waals surface area (Å²) in [6.07, 6.45) is -0.753. The third-order valence-corrected chi connectivity index (χ3v) is 5.28. The van der Waals surface area contributed by atoms with E-state index in [9.17, 15) is 22.4 Å². The molecular weight excluding hydrogens is 460 g/mol. The second kappa shape index (κ2) is 8.67. The summed E-state index contributed by atoms with van der Waals surface area (Å²) in [6.45, 7) is 1.74.